The molecular formula is C13H16ClN3O. The first-order chi connectivity index (χ1) is 8.75. The minimum atomic E-state index is -0.158. The molecule has 18 heavy (non-hydrogen) atoms. The predicted molar refractivity (Wildman–Crippen MR) is 74.0 cm³/mol. The van der Waals surface area contributed by atoms with Gasteiger partial charge in [0, 0.05) is 5.71 Å². The van der Waals surface area contributed by atoms with Gasteiger partial charge in [-0.3, -0.25) is 4.79 Å². The van der Waals surface area contributed by atoms with Crippen molar-refractivity contribution in [2.45, 2.75) is 25.7 Å². The van der Waals surface area contributed by atoms with Crippen LogP contribution in [0.2, 0.25) is 5.02 Å². The number of benzene rings is 1. The number of carbonyl (C=O) groups excluding carboxylic acids is 1. The van der Waals surface area contributed by atoms with E-state index in [4.69, 9.17) is 11.6 Å². The van der Waals surface area contributed by atoms with Gasteiger partial charge in [0.15, 0.2) is 0 Å². The molecular weight excluding hydrogens is 250 g/mol. The Labute approximate surface area is 111 Å². The van der Waals surface area contributed by atoms with E-state index in [-0.39, 0.29) is 12.5 Å². The maximum atomic E-state index is 11.6. The van der Waals surface area contributed by atoms with E-state index in [1.165, 1.54) is 12.8 Å². The van der Waals surface area contributed by atoms with E-state index < -0.39 is 0 Å². The summed E-state index contributed by atoms with van der Waals surface area (Å²) in [6.45, 7) is 0.167. The molecule has 2 rings (SSSR count). The van der Waals surface area contributed by atoms with Crippen molar-refractivity contribution in [3.05, 3.63) is 29.3 Å². The lowest BCUT2D eigenvalue weighted by molar-refractivity contribution is -0.119. The van der Waals surface area contributed by atoms with Crippen molar-refractivity contribution in [2.24, 2.45) is 5.10 Å². The van der Waals surface area contributed by atoms with Crippen molar-refractivity contribution in [3.8, 4) is 0 Å². The SMILES string of the molecule is O=C(CNc1ccccc1Cl)NN=C1CCCC1. The number of nitrogens with zero attached hydrogens (tertiary/aromatic N) is 1. The normalized spacial score (nSPS) is 14.4. The first-order valence-electron chi connectivity index (χ1n) is 6.08. The minimum Gasteiger partial charge on any atom is -0.375 e. The van der Waals surface area contributed by atoms with Gasteiger partial charge in [0.05, 0.1) is 17.3 Å². The van der Waals surface area contributed by atoms with Gasteiger partial charge in [-0.25, -0.2) is 5.43 Å². The number of hydrazone groups is 1. The van der Waals surface area contributed by atoms with Crippen LogP contribution in [0.25, 0.3) is 0 Å². The molecule has 1 aliphatic rings. The van der Waals surface area contributed by atoms with Crippen LogP contribution in [-0.2, 0) is 4.79 Å². The summed E-state index contributed by atoms with van der Waals surface area (Å²) in [5, 5.41) is 7.68. The third kappa shape index (κ3) is 3.74. The summed E-state index contributed by atoms with van der Waals surface area (Å²) in [4.78, 5) is 11.6. The molecule has 4 nitrogen and oxygen atoms in total. The monoisotopic (exact) mass is 265 g/mol. The van der Waals surface area contributed by atoms with Gasteiger partial charge >= 0.3 is 0 Å². The van der Waals surface area contributed by atoms with Crippen LogP contribution < -0.4 is 10.7 Å². The summed E-state index contributed by atoms with van der Waals surface area (Å²) in [6.07, 6.45) is 4.34. The molecule has 0 spiro atoms. The van der Waals surface area contributed by atoms with E-state index >= 15 is 0 Å². The van der Waals surface area contributed by atoms with Crippen molar-refractivity contribution in [1.82, 2.24) is 5.43 Å². The quantitative estimate of drug-likeness (QED) is 0.823. The molecule has 0 atom stereocenters. The largest absolute Gasteiger partial charge is 0.375 e. The van der Waals surface area contributed by atoms with E-state index in [2.05, 4.69) is 15.8 Å². The Morgan fingerprint density at radius 1 is 1.28 bits per heavy atom. The minimum absolute atomic E-state index is 0.158. The van der Waals surface area contributed by atoms with Gasteiger partial charge < -0.3 is 5.32 Å². The Balaban J connectivity index is 1.78. The molecule has 1 aromatic rings. The fourth-order valence-electron chi connectivity index (χ4n) is 1.86. The van der Waals surface area contributed by atoms with E-state index in [9.17, 15) is 4.79 Å². The molecule has 1 aromatic carbocycles. The highest BCUT2D eigenvalue weighted by molar-refractivity contribution is 6.33. The van der Waals surface area contributed by atoms with E-state index in [0.717, 1.165) is 24.2 Å². The molecule has 1 saturated carbocycles. The van der Waals surface area contributed by atoms with Gasteiger partial charge in [0.2, 0.25) is 0 Å². The maximum absolute atomic E-state index is 11.6. The van der Waals surface area contributed by atoms with Crippen LogP contribution in [0.1, 0.15) is 25.7 Å². The number of nitrogens with one attached hydrogen (secondary N) is 2. The predicted octanol–water partition coefficient (Wildman–Crippen LogP) is 2.80. The number of hydrogen-bond acceptors (Lipinski definition) is 3. The zero-order valence-corrected chi connectivity index (χ0v) is 10.8. The molecule has 1 aliphatic carbocycles. The first kappa shape index (κ1) is 12.9. The van der Waals surface area contributed by atoms with Gasteiger partial charge in [-0.2, -0.15) is 5.10 Å². The van der Waals surface area contributed by atoms with Crippen molar-refractivity contribution < 1.29 is 4.79 Å². The number of anilines is 1. The second-order valence-electron chi connectivity index (χ2n) is 4.25. The lowest BCUT2D eigenvalue weighted by Crippen LogP contribution is -2.26. The molecule has 0 aromatic heterocycles. The molecule has 5 heteroatoms. The van der Waals surface area contributed by atoms with Crippen LogP contribution in [0.15, 0.2) is 29.4 Å². The molecule has 0 saturated heterocycles. The van der Waals surface area contributed by atoms with Crippen LogP contribution in [0.3, 0.4) is 0 Å². The lowest BCUT2D eigenvalue weighted by Gasteiger charge is -2.07. The van der Waals surface area contributed by atoms with Crippen molar-refractivity contribution >= 4 is 28.9 Å². The van der Waals surface area contributed by atoms with Gasteiger partial charge in [0.25, 0.3) is 5.91 Å². The number of rotatable bonds is 4. The fraction of sp³-hybridized carbons (Fsp3) is 0.385. The molecule has 0 radical (unpaired) electrons. The van der Waals surface area contributed by atoms with E-state index in [0.29, 0.717) is 5.02 Å². The van der Waals surface area contributed by atoms with Crippen molar-refractivity contribution in [1.29, 1.82) is 0 Å². The number of amides is 1. The highest BCUT2D eigenvalue weighted by Gasteiger charge is 2.08. The van der Waals surface area contributed by atoms with Crippen LogP contribution in [0, 0.1) is 0 Å². The topological polar surface area (TPSA) is 53.5 Å². The summed E-state index contributed by atoms with van der Waals surface area (Å²) >= 11 is 5.97. The van der Waals surface area contributed by atoms with Gasteiger partial charge in [-0.1, -0.05) is 23.7 Å². The van der Waals surface area contributed by atoms with Crippen molar-refractivity contribution in [2.75, 3.05) is 11.9 Å². The molecule has 0 aliphatic heterocycles. The first-order valence-corrected chi connectivity index (χ1v) is 6.46. The van der Waals surface area contributed by atoms with Crippen LogP contribution in [-0.4, -0.2) is 18.2 Å². The van der Waals surface area contributed by atoms with Gasteiger partial charge in [0.1, 0.15) is 0 Å². The number of para-hydroxylation sites is 1. The summed E-state index contributed by atoms with van der Waals surface area (Å²) in [5.41, 5.74) is 4.39. The fourth-order valence-corrected chi connectivity index (χ4v) is 2.06. The molecule has 96 valence electrons. The highest BCUT2D eigenvalue weighted by Crippen LogP contribution is 2.19. The summed E-state index contributed by atoms with van der Waals surface area (Å²) in [5.74, 6) is -0.158. The molecule has 0 heterocycles. The average molecular weight is 266 g/mol. The second kappa shape index (κ2) is 6.40. The number of halogens is 1. The molecule has 2 N–H and O–H groups in total. The zero-order chi connectivity index (χ0) is 12.8. The second-order valence-corrected chi connectivity index (χ2v) is 4.66. The Bertz CT molecular complexity index is 451. The van der Waals surface area contributed by atoms with Crippen LogP contribution in [0.4, 0.5) is 5.69 Å². The van der Waals surface area contributed by atoms with E-state index in [1.54, 1.807) is 6.07 Å². The number of carbonyl (C=O) groups is 1. The third-order valence-electron chi connectivity index (χ3n) is 2.83. The Hall–Kier alpha value is -1.55. The summed E-state index contributed by atoms with van der Waals surface area (Å²) in [6, 6.07) is 7.32. The van der Waals surface area contributed by atoms with Crippen LogP contribution in [0.5, 0.6) is 0 Å². The molecule has 0 bridgehead atoms. The van der Waals surface area contributed by atoms with E-state index in [1.807, 2.05) is 18.2 Å². The Kier molecular flexibility index (Phi) is 4.59. The Morgan fingerprint density at radius 2 is 2.00 bits per heavy atom. The highest BCUT2D eigenvalue weighted by atomic mass is 35.5. The maximum Gasteiger partial charge on any atom is 0.259 e. The Morgan fingerprint density at radius 3 is 2.72 bits per heavy atom. The smallest absolute Gasteiger partial charge is 0.259 e. The molecule has 1 fully saturated rings. The van der Waals surface area contributed by atoms with Gasteiger partial charge in [-0.15, -0.1) is 0 Å². The van der Waals surface area contributed by atoms with Crippen molar-refractivity contribution in [3.63, 3.8) is 0 Å². The third-order valence-corrected chi connectivity index (χ3v) is 3.16. The standard InChI is InChI=1S/C13H16ClN3O/c14-11-7-3-4-8-12(11)15-9-13(18)17-16-10-5-1-2-6-10/h3-4,7-8,15H,1-2,5-6,9H2,(H,17,18). The van der Waals surface area contributed by atoms with Crippen LogP contribution >= 0.6 is 11.6 Å². The summed E-state index contributed by atoms with van der Waals surface area (Å²) < 4.78 is 0. The zero-order valence-electron chi connectivity index (χ0n) is 10.1. The lowest BCUT2D eigenvalue weighted by atomic mass is 10.3. The number of hydrogen-bond donors (Lipinski definition) is 2. The molecule has 0 unspecified atom stereocenters. The molecule has 1 amide bonds. The van der Waals surface area contributed by atoms with Gasteiger partial charge in [-0.05, 0) is 37.8 Å². The summed E-state index contributed by atoms with van der Waals surface area (Å²) in [7, 11) is 0. The average Bonchev–Trinajstić information content (AvgIpc) is 2.88.